The minimum Gasteiger partial charge on any atom is -0.449 e. The fourth-order valence-electron chi connectivity index (χ4n) is 7.83. The van der Waals surface area contributed by atoms with Crippen LogP contribution in [0.4, 0.5) is 19.2 Å². The quantitative estimate of drug-likeness (QED) is 0.0463. The first-order valence-corrected chi connectivity index (χ1v) is 25.2. The van der Waals surface area contributed by atoms with Crippen LogP contribution >= 0.6 is 11.8 Å². The van der Waals surface area contributed by atoms with Gasteiger partial charge >= 0.3 is 18.3 Å². The van der Waals surface area contributed by atoms with Crippen molar-refractivity contribution in [1.82, 2.24) is 21.3 Å². The maximum Gasteiger partial charge on any atom is 0.414 e. The van der Waals surface area contributed by atoms with Crippen LogP contribution in [-0.4, -0.2) is 73.4 Å². The molecule has 66 heavy (non-hydrogen) atoms. The van der Waals surface area contributed by atoms with Crippen molar-refractivity contribution in [1.29, 1.82) is 0 Å². The first kappa shape index (κ1) is 66.3. The molecule has 1 unspecified atom stereocenters. The number of amides is 4. The molecule has 0 aliphatic rings. The molecule has 0 aliphatic carbocycles. The summed E-state index contributed by atoms with van der Waals surface area (Å²) in [5.41, 5.74) is 1.18. The molecule has 0 saturated heterocycles. The van der Waals surface area contributed by atoms with Gasteiger partial charge in [0.15, 0.2) is 6.73 Å². The van der Waals surface area contributed by atoms with Crippen LogP contribution in [0.1, 0.15) is 144 Å². The Morgan fingerprint density at radius 1 is 0.576 bits per heavy atom. The van der Waals surface area contributed by atoms with Crippen LogP contribution in [0, 0.1) is 81.1 Å². The minimum absolute atomic E-state index is 0.0310. The van der Waals surface area contributed by atoms with Crippen molar-refractivity contribution in [3.05, 3.63) is 39.9 Å². The topological polar surface area (TPSA) is 196 Å². The summed E-state index contributed by atoms with van der Waals surface area (Å²) in [5.74, 6) is 8.00. The van der Waals surface area contributed by atoms with E-state index in [2.05, 4.69) is 137 Å². The van der Waals surface area contributed by atoms with E-state index < -0.39 is 17.9 Å². The Hall–Kier alpha value is -3.95. The van der Waals surface area contributed by atoms with Crippen molar-refractivity contribution in [3.63, 3.8) is 0 Å². The molecular weight excluding hydrogens is 863 g/mol. The molecular formula is C50H95N5O10S. The average molecular weight is 958 g/mol. The smallest absolute Gasteiger partial charge is 0.414 e. The zero-order chi connectivity index (χ0) is 51.7. The molecule has 0 fully saturated rings. The molecule has 16 heteroatoms. The molecule has 0 saturated carbocycles. The first-order valence-electron chi connectivity index (χ1n) is 24.2. The second-order valence-corrected chi connectivity index (χ2v) is 20.3. The van der Waals surface area contributed by atoms with Crippen molar-refractivity contribution < 1.29 is 43.3 Å². The molecule has 15 nitrogen and oxygen atoms in total. The fraction of sp³-hybridized carbons (Fsp3) is 0.800. The predicted molar refractivity (Wildman–Crippen MR) is 271 cm³/mol. The van der Waals surface area contributed by atoms with E-state index in [4.69, 9.17) is 14.2 Å². The molecule has 1 aromatic carbocycles. The Balaban J connectivity index is -0.000000825. The van der Waals surface area contributed by atoms with Gasteiger partial charge in [0.25, 0.3) is 10.3 Å². The summed E-state index contributed by atoms with van der Waals surface area (Å²) in [7, 11) is 0. The van der Waals surface area contributed by atoms with Crippen molar-refractivity contribution >= 4 is 35.3 Å². The lowest BCUT2D eigenvalue weighted by molar-refractivity contribution is -0.758. The number of hydrogen-bond acceptors (Lipinski definition) is 11. The maximum atomic E-state index is 11.4. The van der Waals surface area contributed by atoms with E-state index in [0.29, 0.717) is 96.5 Å². The lowest BCUT2D eigenvalue weighted by atomic mass is 9.81. The number of hydrogen-bond donors (Lipinski definition) is 4. The lowest BCUT2D eigenvalue weighted by Crippen LogP contribution is -2.35. The molecule has 0 spiro atoms. The summed E-state index contributed by atoms with van der Waals surface area (Å²) in [6.07, 6.45) is -0.480. The van der Waals surface area contributed by atoms with Gasteiger partial charge in [-0.1, -0.05) is 135 Å². The number of carbonyl (C=O) groups is 4. The number of nitrogens with one attached hydrogen (secondary N) is 4. The van der Waals surface area contributed by atoms with Crippen LogP contribution in [-0.2, 0) is 20.7 Å². The number of benzene rings is 1. The van der Waals surface area contributed by atoms with Crippen molar-refractivity contribution in [3.8, 4) is 5.75 Å². The summed E-state index contributed by atoms with van der Waals surface area (Å²) in [6, 6.07) is 7.27. The molecule has 1 aromatic rings. The maximum absolute atomic E-state index is 11.4. The summed E-state index contributed by atoms with van der Waals surface area (Å²) >= 11 is 1.42. The van der Waals surface area contributed by atoms with E-state index in [1.54, 1.807) is 12.1 Å². The van der Waals surface area contributed by atoms with Gasteiger partial charge < -0.3 is 30.2 Å². The SMILES string of the molecule is CC(C)C(Cc1ccc(OC(=O)NCO[N+](=O)[O-])cc1)C(C)C.CCNC(=O)OC(C)C(C(C)C)C(C)C.CCNC(=O)OCC(C(C)C)C(C)C.CCNC(=O)SCC(C(C)C)C(C)C. The minimum atomic E-state index is -0.991. The molecule has 4 amide bonds. The summed E-state index contributed by atoms with van der Waals surface area (Å²) in [6.45, 7) is 44.7. The number of rotatable bonds is 23. The number of nitrogens with zero attached hydrogens (tertiary/aromatic N) is 1. The Morgan fingerprint density at radius 2 is 1.02 bits per heavy atom. The van der Waals surface area contributed by atoms with Gasteiger partial charge in [-0.15, -0.1) is 10.1 Å². The highest BCUT2D eigenvalue weighted by Gasteiger charge is 2.27. The largest absolute Gasteiger partial charge is 0.449 e. The number of alkyl carbamates (subject to hydrolysis) is 2. The van der Waals surface area contributed by atoms with Gasteiger partial charge in [0, 0.05) is 31.3 Å². The highest BCUT2D eigenvalue weighted by atomic mass is 32.2. The Kier molecular flexibility index (Phi) is 38.3. The third kappa shape index (κ3) is 33.5. The van der Waals surface area contributed by atoms with Crippen LogP contribution < -0.4 is 26.0 Å². The molecule has 0 aromatic heterocycles. The van der Waals surface area contributed by atoms with Crippen molar-refractivity contribution in [2.75, 3.05) is 38.7 Å². The summed E-state index contributed by atoms with van der Waals surface area (Å²) in [4.78, 5) is 58.9. The van der Waals surface area contributed by atoms with Crippen LogP contribution in [0.3, 0.4) is 0 Å². The first-order chi connectivity index (χ1) is 30.7. The van der Waals surface area contributed by atoms with E-state index in [1.807, 2.05) is 39.8 Å². The molecule has 0 bridgehead atoms. The van der Waals surface area contributed by atoms with Gasteiger partial charge in [-0.05, 0) is 117 Å². The third-order valence-corrected chi connectivity index (χ3v) is 12.2. The molecule has 4 N–H and O–H groups in total. The zero-order valence-corrected chi connectivity index (χ0v) is 45.5. The molecule has 0 radical (unpaired) electrons. The second kappa shape index (κ2) is 38.1. The fourth-order valence-corrected chi connectivity index (χ4v) is 9.19. The molecule has 386 valence electrons. The van der Waals surface area contributed by atoms with Gasteiger partial charge in [0.05, 0.1) is 6.61 Å². The van der Waals surface area contributed by atoms with Gasteiger partial charge in [0.2, 0.25) is 0 Å². The van der Waals surface area contributed by atoms with Crippen molar-refractivity contribution in [2.45, 2.75) is 151 Å². The van der Waals surface area contributed by atoms with E-state index in [-0.39, 0.29) is 23.5 Å². The van der Waals surface area contributed by atoms with Crippen LogP contribution in [0.15, 0.2) is 24.3 Å². The number of thioether (sulfide) groups is 1. The monoisotopic (exact) mass is 958 g/mol. The standard InChI is InChI=1S/C16H24N2O5.C12H25NO2.C11H23NO2.C11H23NOS/c1-11(2)15(12(3)4)9-13-5-7-14(8-6-13)23-16(19)17-10-22-18(20)21;1-7-13-12(14)15-10(6)11(8(2)3)9(4)5;2*1-6-12-11(13)14-7-10(8(2)3)9(4)5/h5-8,11-12,15H,9-10H2,1-4H3,(H,17,19);8-11H,7H2,1-6H3,(H,13,14);2*8-10H,6-7H2,1-5H3,(H,12,13). The van der Waals surface area contributed by atoms with Gasteiger partial charge in [-0.25, -0.2) is 14.4 Å². The predicted octanol–water partition coefficient (Wildman–Crippen LogP) is 12.5. The number of ether oxygens (including phenoxy) is 3. The highest BCUT2D eigenvalue weighted by molar-refractivity contribution is 8.13. The van der Waals surface area contributed by atoms with Gasteiger partial charge in [0.1, 0.15) is 11.9 Å². The van der Waals surface area contributed by atoms with Gasteiger partial charge in [-0.2, -0.15) is 0 Å². The summed E-state index contributed by atoms with van der Waals surface area (Å²) < 4.78 is 15.4. The number of carbonyl (C=O) groups excluding carboxylic acids is 4. The van der Waals surface area contributed by atoms with E-state index in [9.17, 15) is 29.3 Å². The average Bonchev–Trinajstić information content (AvgIpc) is 3.17. The van der Waals surface area contributed by atoms with Crippen molar-refractivity contribution in [2.24, 2.45) is 71.0 Å². The van der Waals surface area contributed by atoms with Crippen LogP contribution in [0.2, 0.25) is 0 Å². The zero-order valence-electron chi connectivity index (χ0n) is 44.7. The van der Waals surface area contributed by atoms with Crippen LogP contribution in [0.5, 0.6) is 5.75 Å². The Bertz CT molecular complexity index is 1370. The molecule has 1 atom stereocenters. The normalized spacial score (nSPS) is 11.6. The highest BCUT2D eigenvalue weighted by Crippen LogP contribution is 2.28. The lowest BCUT2D eigenvalue weighted by Gasteiger charge is -2.30. The van der Waals surface area contributed by atoms with Crippen LogP contribution in [0.25, 0.3) is 0 Å². The van der Waals surface area contributed by atoms with E-state index in [0.717, 1.165) is 18.7 Å². The Morgan fingerprint density at radius 3 is 1.41 bits per heavy atom. The second-order valence-electron chi connectivity index (χ2n) is 19.3. The Labute approximate surface area is 405 Å². The van der Waals surface area contributed by atoms with Gasteiger partial charge in [-0.3, -0.25) is 14.9 Å². The molecule has 1 rings (SSSR count). The van der Waals surface area contributed by atoms with E-state index in [1.165, 1.54) is 17.3 Å². The third-order valence-electron chi connectivity index (χ3n) is 11.3. The molecule has 0 aliphatic heterocycles. The molecule has 0 heterocycles. The van der Waals surface area contributed by atoms with E-state index >= 15 is 0 Å². The summed E-state index contributed by atoms with van der Waals surface area (Å²) in [5, 5.41) is 19.3.